The van der Waals surface area contributed by atoms with Gasteiger partial charge in [0.25, 0.3) is 11.8 Å². The number of aryl methyl sites for hydroxylation is 2. The minimum Gasteiger partial charge on any atom is -0.348 e. The summed E-state index contributed by atoms with van der Waals surface area (Å²) in [5, 5.41) is 13.1. The Morgan fingerprint density at radius 3 is 1.40 bits per heavy atom. The highest BCUT2D eigenvalue weighted by molar-refractivity contribution is 8.00. The molecule has 0 aliphatic heterocycles. The Morgan fingerprint density at radius 2 is 0.979 bits per heavy atom. The zero-order chi connectivity index (χ0) is 32.6. The van der Waals surface area contributed by atoms with Gasteiger partial charge in [-0.1, -0.05) is 60.7 Å². The van der Waals surface area contributed by atoms with Crippen LogP contribution >= 0.6 is 34.4 Å². The van der Waals surface area contributed by atoms with Gasteiger partial charge in [-0.25, -0.2) is 0 Å². The molecule has 0 radical (unpaired) electrons. The van der Waals surface area contributed by atoms with Gasteiger partial charge in [0.2, 0.25) is 11.8 Å². The average molecular weight is 687 g/mol. The summed E-state index contributed by atoms with van der Waals surface area (Å²) in [5.41, 5.74) is 5.22. The first kappa shape index (κ1) is 33.0. The second kappa shape index (κ2) is 15.8. The molecule has 0 bridgehead atoms. The van der Waals surface area contributed by atoms with Gasteiger partial charge >= 0.3 is 0 Å². The maximum Gasteiger partial charge on any atom is 0.254 e. The summed E-state index contributed by atoms with van der Waals surface area (Å²) in [7, 11) is 0. The fourth-order valence-corrected chi connectivity index (χ4v) is 9.31. The normalized spacial score (nSPS) is 13.6. The van der Waals surface area contributed by atoms with Gasteiger partial charge in [0.15, 0.2) is 0 Å². The van der Waals surface area contributed by atoms with Crippen molar-refractivity contribution in [2.24, 2.45) is 0 Å². The van der Waals surface area contributed by atoms with Crippen molar-refractivity contribution in [1.82, 2.24) is 10.6 Å². The van der Waals surface area contributed by atoms with Crippen LogP contribution in [-0.4, -0.2) is 35.1 Å². The number of carbonyl (C=O) groups excluding carboxylic acids is 4. The third-order valence-corrected chi connectivity index (χ3v) is 11.7. The molecule has 47 heavy (non-hydrogen) atoms. The SMILES string of the molecule is O=C(CSCC(=O)Nc1sc2c(c1C(=O)NCc1ccccc1)CCCC2)Nc1sc2c(c1C(=O)NCc1ccccc1)CCCC2. The first-order valence-electron chi connectivity index (χ1n) is 16.1. The second-order valence-corrected chi connectivity index (χ2v) is 15.0. The molecule has 4 N–H and O–H groups in total. The van der Waals surface area contributed by atoms with Crippen molar-refractivity contribution in [1.29, 1.82) is 0 Å². The van der Waals surface area contributed by atoms with Gasteiger partial charge in [0.1, 0.15) is 10.0 Å². The average Bonchev–Trinajstić information content (AvgIpc) is 3.64. The van der Waals surface area contributed by atoms with Gasteiger partial charge in [-0.2, -0.15) is 0 Å². The second-order valence-electron chi connectivity index (χ2n) is 11.8. The van der Waals surface area contributed by atoms with Gasteiger partial charge in [-0.3, -0.25) is 19.2 Å². The number of thioether (sulfide) groups is 1. The summed E-state index contributed by atoms with van der Waals surface area (Å²) in [6, 6.07) is 19.5. The molecule has 0 saturated carbocycles. The zero-order valence-corrected chi connectivity index (χ0v) is 28.6. The first-order chi connectivity index (χ1) is 23.0. The lowest BCUT2D eigenvalue weighted by atomic mass is 9.95. The number of anilines is 2. The van der Waals surface area contributed by atoms with E-state index < -0.39 is 0 Å². The number of amides is 4. The van der Waals surface area contributed by atoms with Crippen LogP contribution in [0.25, 0.3) is 0 Å². The third-order valence-electron chi connectivity index (χ3n) is 8.36. The third kappa shape index (κ3) is 8.33. The molecule has 0 fully saturated rings. The lowest BCUT2D eigenvalue weighted by Gasteiger charge is -2.13. The van der Waals surface area contributed by atoms with Crippen LogP contribution in [-0.2, 0) is 48.4 Å². The van der Waals surface area contributed by atoms with Crippen molar-refractivity contribution in [3.63, 3.8) is 0 Å². The molecule has 0 spiro atoms. The Morgan fingerprint density at radius 1 is 0.574 bits per heavy atom. The molecule has 4 aromatic rings. The van der Waals surface area contributed by atoms with Gasteiger partial charge in [-0.15, -0.1) is 34.4 Å². The van der Waals surface area contributed by atoms with E-state index in [0.717, 1.165) is 83.4 Å². The summed E-state index contributed by atoms with van der Waals surface area (Å²) in [4.78, 5) is 55.1. The molecule has 2 heterocycles. The van der Waals surface area contributed by atoms with Crippen LogP contribution in [0.5, 0.6) is 0 Å². The van der Waals surface area contributed by atoms with Gasteiger partial charge in [-0.05, 0) is 73.6 Å². The van der Waals surface area contributed by atoms with E-state index in [4.69, 9.17) is 0 Å². The maximum atomic E-state index is 13.4. The first-order valence-corrected chi connectivity index (χ1v) is 18.9. The summed E-state index contributed by atoms with van der Waals surface area (Å²) >= 11 is 4.17. The summed E-state index contributed by atoms with van der Waals surface area (Å²) in [5.74, 6) is -0.758. The number of hydrogen-bond donors (Lipinski definition) is 4. The fourth-order valence-electron chi connectivity index (χ4n) is 6.08. The molecule has 4 amide bonds. The Bertz CT molecular complexity index is 1620. The highest BCUT2D eigenvalue weighted by Crippen LogP contribution is 2.39. The van der Waals surface area contributed by atoms with E-state index in [-0.39, 0.29) is 35.1 Å². The molecule has 2 aliphatic rings. The lowest BCUT2D eigenvalue weighted by Crippen LogP contribution is -2.26. The minimum absolute atomic E-state index is 0.0619. The molecule has 0 unspecified atom stereocenters. The molecular weight excluding hydrogens is 649 g/mol. The zero-order valence-electron chi connectivity index (χ0n) is 26.1. The summed E-state index contributed by atoms with van der Waals surface area (Å²) in [6.07, 6.45) is 7.63. The molecule has 8 nitrogen and oxygen atoms in total. The van der Waals surface area contributed by atoms with Crippen LogP contribution in [0.3, 0.4) is 0 Å². The molecule has 0 saturated heterocycles. The van der Waals surface area contributed by atoms with Crippen molar-refractivity contribution in [3.8, 4) is 0 Å². The maximum absolute atomic E-state index is 13.4. The molecule has 2 aliphatic carbocycles. The van der Waals surface area contributed by atoms with Crippen molar-refractivity contribution < 1.29 is 19.2 Å². The standard InChI is InChI=1S/C36H38N4O4S3/c41-29(39-35-31(25-15-7-9-17-27(25)46-35)33(43)37-19-23-11-3-1-4-12-23)21-45-22-30(42)40-36-32(26-16-8-10-18-28(26)47-36)34(44)38-20-24-13-5-2-6-14-24/h1-6,11-14H,7-10,15-22H2,(H,37,43)(H,38,44)(H,39,41)(H,40,42). The van der Waals surface area contributed by atoms with Crippen molar-refractivity contribution in [2.75, 3.05) is 22.1 Å². The molecule has 6 rings (SSSR count). The van der Waals surface area contributed by atoms with Gasteiger partial charge < -0.3 is 21.3 Å². The molecule has 2 aromatic heterocycles. The molecule has 11 heteroatoms. The monoisotopic (exact) mass is 686 g/mol. The topological polar surface area (TPSA) is 116 Å². The number of rotatable bonds is 12. The largest absolute Gasteiger partial charge is 0.348 e. The van der Waals surface area contributed by atoms with Crippen LogP contribution in [0.4, 0.5) is 10.0 Å². The van der Waals surface area contributed by atoms with E-state index in [1.807, 2.05) is 60.7 Å². The molecule has 244 valence electrons. The summed E-state index contributed by atoms with van der Waals surface area (Å²) < 4.78 is 0. The number of fused-ring (bicyclic) bond motifs is 2. The van der Waals surface area contributed by atoms with E-state index in [2.05, 4.69) is 21.3 Å². The van der Waals surface area contributed by atoms with Crippen LogP contribution in [0.15, 0.2) is 60.7 Å². The van der Waals surface area contributed by atoms with E-state index >= 15 is 0 Å². The highest BCUT2D eigenvalue weighted by Gasteiger charge is 2.28. The quantitative estimate of drug-likeness (QED) is 0.132. The molecule has 0 atom stereocenters. The van der Waals surface area contributed by atoms with E-state index in [1.165, 1.54) is 34.4 Å². The van der Waals surface area contributed by atoms with E-state index in [0.29, 0.717) is 34.2 Å². The van der Waals surface area contributed by atoms with Crippen molar-refractivity contribution in [2.45, 2.75) is 64.5 Å². The van der Waals surface area contributed by atoms with Gasteiger partial charge in [0, 0.05) is 22.8 Å². The van der Waals surface area contributed by atoms with Crippen molar-refractivity contribution in [3.05, 3.63) is 104 Å². The minimum atomic E-state index is -0.258. The van der Waals surface area contributed by atoms with E-state index in [1.54, 1.807) is 0 Å². The highest BCUT2D eigenvalue weighted by atomic mass is 32.2. The number of hydrogen-bond acceptors (Lipinski definition) is 7. The predicted molar refractivity (Wildman–Crippen MR) is 192 cm³/mol. The van der Waals surface area contributed by atoms with Gasteiger partial charge in [0.05, 0.1) is 22.6 Å². The smallest absolute Gasteiger partial charge is 0.254 e. The predicted octanol–water partition coefficient (Wildman–Crippen LogP) is 6.74. The number of nitrogens with one attached hydrogen (secondary N) is 4. The molecule has 2 aromatic carbocycles. The lowest BCUT2D eigenvalue weighted by molar-refractivity contribution is -0.114. The van der Waals surface area contributed by atoms with Crippen LogP contribution < -0.4 is 21.3 Å². The Kier molecular flexibility index (Phi) is 11.1. The Hall–Kier alpha value is -3.93. The van der Waals surface area contributed by atoms with E-state index in [9.17, 15) is 19.2 Å². The Balaban J connectivity index is 1.05. The number of benzene rings is 2. The number of carbonyl (C=O) groups is 4. The fraction of sp³-hybridized carbons (Fsp3) is 0.333. The van der Waals surface area contributed by atoms with Crippen molar-refractivity contribution >= 4 is 68.1 Å². The van der Waals surface area contributed by atoms with Crippen LogP contribution in [0.1, 0.15) is 78.4 Å². The molecular formula is C36H38N4O4S3. The van der Waals surface area contributed by atoms with Crippen LogP contribution in [0, 0.1) is 0 Å². The summed E-state index contributed by atoms with van der Waals surface area (Å²) in [6.45, 7) is 0.818. The Labute approximate surface area is 287 Å². The van der Waals surface area contributed by atoms with Crippen LogP contribution in [0.2, 0.25) is 0 Å². The number of thiophene rings is 2.